The van der Waals surface area contributed by atoms with E-state index in [1.165, 1.54) is 12.8 Å². The SMILES string of the molecule is Cc1cc(N2CCN(c3ncnc4nc[nH]c34)CC2)nc(N2CCCC2)n1. The zero-order chi connectivity index (χ0) is 18.2. The van der Waals surface area contributed by atoms with Crippen molar-refractivity contribution < 1.29 is 0 Å². The number of imidazole rings is 1. The van der Waals surface area contributed by atoms with E-state index in [1.54, 1.807) is 12.7 Å². The molecule has 0 bridgehead atoms. The second-order valence-electron chi connectivity index (χ2n) is 7.13. The van der Waals surface area contributed by atoms with E-state index in [0.29, 0.717) is 5.65 Å². The molecular weight excluding hydrogens is 342 g/mol. The summed E-state index contributed by atoms with van der Waals surface area (Å²) in [5.74, 6) is 2.83. The number of nitrogens with zero attached hydrogens (tertiary/aromatic N) is 8. The summed E-state index contributed by atoms with van der Waals surface area (Å²) in [6, 6.07) is 2.09. The molecule has 1 N–H and O–H groups in total. The summed E-state index contributed by atoms with van der Waals surface area (Å²) < 4.78 is 0. The van der Waals surface area contributed by atoms with Gasteiger partial charge < -0.3 is 19.7 Å². The highest BCUT2D eigenvalue weighted by Crippen LogP contribution is 2.24. The third-order valence-corrected chi connectivity index (χ3v) is 5.32. The first-order valence-corrected chi connectivity index (χ1v) is 9.52. The molecule has 27 heavy (non-hydrogen) atoms. The lowest BCUT2D eigenvalue weighted by Crippen LogP contribution is -2.47. The molecule has 0 saturated carbocycles. The van der Waals surface area contributed by atoms with Gasteiger partial charge in [-0.3, -0.25) is 0 Å². The summed E-state index contributed by atoms with van der Waals surface area (Å²) in [4.78, 5) is 32.5. The minimum absolute atomic E-state index is 0.712. The van der Waals surface area contributed by atoms with Crippen LogP contribution in [0.3, 0.4) is 0 Å². The van der Waals surface area contributed by atoms with E-state index >= 15 is 0 Å². The van der Waals surface area contributed by atoms with Crippen molar-refractivity contribution in [3.05, 3.63) is 24.4 Å². The van der Waals surface area contributed by atoms with Gasteiger partial charge in [0.25, 0.3) is 0 Å². The fourth-order valence-electron chi connectivity index (χ4n) is 3.90. The molecule has 140 valence electrons. The lowest BCUT2D eigenvalue weighted by Gasteiger charge is -2.36. The minimum Gasteiger partial charge on any atom is -0.353 e. The van der Waals surface area contributed by atoms with Crippen LogP contribution < -0.4 is 14.7 Å². The maximum absolute atomic E-state index is 4.86. The van der Waals surface area contributed by atoms with E-state index in [-0.39, 0.29) is 0 Å². The molecule has 3 aromatic heterocycles. The van der Waals surface area contributed by atoms with Crippen molar-refractivity contribution in [2.24, 2.45) is 0 Å². The monoisotopic (exact) mass is 365 g/mol. The van der Waals surface area contributed by atoms with E-state index in [4.69, 9.17) is 4.98 Å². The fraction of sp³-hybridized carbons (Fsp3) is 0.500. The molecule has 2 aliphatic heterocycles. The minimum atomic E-state index is 0.712. The Morgan fingerprint density at radius 3 is 2.44 bits per heavy atom. The smallest absolute Gasteiger partial charge is 0.227 e. The van der Waals surface area contributed by atoms with Crippen LogP contribution in [-0.2, 0) is 0 Å². The Morgan fingerprint density at radius 2 is 1.63 bits per heavy atom. The Labute approximate surface area is 157 Å². The zero-order valence-corrected chi connectivity index (χ0v) is 15.5. The molecule has 0 amide bonds. The number of aromatic amines is 1. The van der Waals surface area contributed by atoms with Gasteiger partial charge in [-0.1, -0.05) is 0 Å². The number of rotatable bonds is 3. The molecule has 5 heterocycles. The molecule has 0 atom stereocenters. The summed E-state index contributed by atoms with van der Waals surface area (Å²) in [5.41, 5.74) is 2.64. The van der Waals surface area contributed by atoms with Crippen molar-refractivity contribution in [3.63, 3.8) is 0 Å². The molecule has 0 spiro atoms. The van der Waals surface area contributed by atoms with E-state index in [0.717, 1.165) is 68.1 Å². The molecule has 0 aliphatic carbocycles. The number of fused-ring (bicyclic) bond motifs is 1. The van der Waals surface area contributed by atoms with Crippen LogP contribution in [0.25, 0.3) is 11.2 Å². The highest BCUT2D eigenvalue weighted by Gasteiger charge is 2.23. The Hall–Kier alpha value is -2.97. The molecule has 5 rings (SSSR count). The summed E-state index contributed by atoms with van der Waals surface area (Å²) in [6.45, 7) is 7.73. The topological polar surface area (TPSA) is 90.0 Å². The molecular formula is C18H23N9. The van der Waals surface area contributed by atoms with Crippen LogP contribution in [0.5, 0.6) is 0 Å². The normalized spacial score (nSPS) is 17.9. The van der Waals surface area contributed by atoms with Crippen LogP contribution in [0, 0.1) is 6.92 Å². The van der Waals surface area contributed by atoms with Crippen LogP contribution in [0.2, 0.25) is 0 Å². The van der Waals surface area contributed by atoms with Gasteiger partial charge in [-0.25, -0.2) is 19.9 Å². The number of piperazine rings is 1. The third-order valence-electron chi connectivity index (χ3n) is 5.32. The van der Waals surface area contributed by atoms with Crippen molar-refractivity contribution in [1.29, 1.82) is 0 Å². The number of nitrogens with one attached hydrogen (secondary N) is 1. The molecule has 0 radical (unpaired) electrons. The van der Waals surface area contributed by atoms with Gasteiger partial charge in [0.2, 0.25) is 5.95 Å². The fourth-order valence-corrected chi connectivity index (χ4v) is 3.90. The van der Waals surface area contributed by atoms with Crippen LogP contribution >= 0.6 is 0 Å². The number of anilines is 3. The second-order valence-corrected chi connectivity index (χ2v) is 7.13. The Morgan fingerprint density at radius 1 is 0.852 bits per heavy atom. The van der Waals surface area contributed by atoms with Crippen molar-refractivity contribution in [3.8, 4) is 0 Å². The average molecular weight is 365 g/mol. The predicted octanol–water partition coefficient (Wildman–Crippen LogP) is 1.38. The van der Waals surface area contributed by atoms with Crippen LogP contribution in [0.15, 0.2) is 18.7 Å². The van der Waals surface area contributed by atoms with Crippen molar-refractivity contribution >= 4 is 28.7 Å². The Kier molecular flexibility index (Phi) is 3.99. The Bertz CT molecular complexity index is 939. The maximum Gasteiger partial charge on any atom is 0.227 e. The van der Waals surface area contributed by atoms with Gasteiger partial charge in [-0.2, -0.15) is 4.98 Å². The number of aryl methyl sites for hydroxylation is 1. The predicted molar refractivity (Wildman–Crippen MR) is 104 cm³/mol. The molecule has 9 heteroatoms. The van der Waals surface area contributed by atoms with Gasteiger partial charge in [0.1, 0.15) is 17.7 Å². The molecule has 0 aromatic carbocycles. The first-order chi connectivity index (χ1) is 13.3. The molecule has 3 aromatic rings. The summed E-state index contributed by atoms with van der Waals surface area (Å²) in [6.07, 6.45) is 5.71. The largest absolute Gasteiger partial charge is 0.353 e. The van der Waals surface area contributed by atoms with Gasteiger partial charge in [0, 0.05) is 51.0 Å². The van der Waals surface area contributed by atoms with E-state index in [1.807, 2.05) is 0 Å². The average Bonchev–Trinajstić information content (AvgIpc) is 3.39. The summed E-state index contributed by atoms with van der Waals surface area (Å²) in [5, 5.41) is 0. The lowest BCUT2D eigenvalue weighted by atomic mass is 10.3. The van der Waals surface area contributed by atoms with Gasteiger partial charge in [0.15, 0.2) is 11.5 Å². The third kappa shape index (κ3) is 3.02. The van der Waals surface area contributed by atoms with E-state index in [9.17, 15) is 0 Å². The van der Waals surface area contributed by atoms with Crippen molar-refractivity contribution in [1.82, 2.24) is 29.9 Å². The summed E-state index contributed by atoms with van der Waals surface area (Å²) in [7, 11) is 0. The highest BCUT2D eigenvalue weighted by atomic mass is 15.3. The number of hydrogen-bond acceptors (Lipinski definition) is 8. The molecule has 2 aliphatic rings. The van der Waals surface area contributed by atoms with Crippen LogP contribution in [0.1, 0.15) is 18.5 Å². The van der Waals surface area contributed by atoms with Gasteiger partial charge >= 0.3 is 0 Å². The number of aromatic nitrogens is 6. The quantitative estimate of drug-likeness (QED) is 0.744. The second kappa shape index (κ2) is 6.64. The van der Waals surface area contributed by atoms with E-state index < -0.39 is 0 Å². The number of hydrogen-bond donors (Lipinski definition) is 1. The number of H-pyrrole nitrogens is 1. The molecule has 2 saturated heterocycles. The lowest BCUT2D eigenvalue weighted by molar-refractivity contribution is 0.641. The molecule has 9 nitrogen and oxygen atoms in total. The zero-order valence-electron chi connectivity index (χ0n) is 15.5. The first kappa shape index (κ1) is 16.2. The van der Waals surface area contributed by atoms with Crippen molar-refractivity contribution in [2.75, 3.05) is 54.0 Å². The first-order valence-electron chi connectivity index (χ1n) is 9.52. The van der Waals surface area contributed by atoms with Gasteiger partial charge in [-0.15, -0.1) is 0 Å². The van der Waals surface area contributed by atoms with E-state index in [2.05, 4.69) is 52.6 Å². The highest BCUT2D eigenvalue weighted by molar-refractivity contribution is 5.82. The van der Waals surface area contributed by atoms with Gasteiger partial charge in [-0.05, 0) is 19.8 Å². The molecule has 2 fully saturated rings. The maximum atomic E-state index is 4.86. The standard InChI is InChI=1S/C18H23N9/c1-13-10-14(24-18(23-13)27-4-2-3-5-27)25-6-8-26(9-7-25)17-15-16(20-11-19-15)21-12-22-17/h10-12H,2-9H2,1H3,(H,19,20,21,22). The van der Waals surface area contributed by atoms with Gasteiger partial charge in [0.05, 0.1) is 6.33 Å². The Balaban J connectivity index is 1.34. The van der Waals surface area contributed by atoms with Crippen LogP contribution in [-0.4, -0.2) is 69.2 Å². The van der Waals surface area contributed by atoms with Crippen molar-refractivity contribution in [2.45, 2.75) is 19.8 Å². The summed E-state index contributed by atoms with van der Waals surface area (Å²) >= 11 is 0. The molecule has 0 unspecified atom stereocenters. The van der Waals surface area contributed by atoms with Crippen LogP contribution in [0.4, 0.5) is 17.6 Å².